The second kappa shape index (κ2) is 5.85. The van der Waals surface area contributed by atoms with Crippen LogP contribution < -0.4 is 0 Å². The van der Waals surface area contributed by atoms with Gasteiger partial charge in [0.1, 0.15) is 5.78 Å². The standard InChI is InChI=1S/C19H17NOS/c1-14(21)19(2,16-8-4-3-5-9-16)18-11-10-17(22-18)15-7-6-12-20-13-15/h3-13H,1-2H3. The summed E-state index contributed by atoms with van der Waals surface area (Å²) in [6.45, 7) is 3.67. The highest BCUT2D eigenvalue weighted by molar-refractivity contribution is 7.15. The van der Waals surface area contributed by atoms with E-state index in [2.05, 4.69) is 17.1 Å². The molecule has 0 saturated heterocycles. The van der Waals surface area contributed by atoms with Gasteiger partial charge in [0.15, 0.2) is 0 Å². The third-order valence-electron chi connectivity index (χ3n) is 4.10. The summed E-state index contributed by atoms with van der Waals surface area (Å²) < 4.78 is 0. The predicted octanol–water partition coefficient (Wildman–Crippen LogP) is 4.71. The highest BCUT2D eigenvalue weighted by atomic mass is 32.1. The van der Waals surface area contributed by atoms with Crippen molar-refractivity contribution in [3.8, 4) is 10.4 Å². The van der Waals surface area contributed by atoms with Gasteiger partial charge in [-0.15, -0.1) is 11.3 Å². The molecule has 0 aliphatic rings. The molecule has 0 radical (unpaired) electrons. The minimum atomic E-state index is -0.605. The summed E-state index contributed by atoms with van der Waals surface area (Å²) in [5.74, 6) is 0.151. The number of aromatic nitrogens is 1. The molecule has 1 atom stereocenters. The number of hydrogen-bond donors (Lipinski definition) is 0. The van der Waals surface area contributed by atoms with Crippen molar-refractivity contribution in [1.29, 1.82) is 0 Å². The van der Waals surface area contributed by atoms with Crippen molar-refractivity contribution in [2.45, 2.75) is 19.3 Å². The first-order chi connectivity index (χ1) is 10.6. The molecule has 0 bridgehead atoms. The van der Waals surface area contributed by atoms with Gasteiger partial charge in [-0.1, -0.05) is 36.4 Å². The van der Waals surface area contributed by atoms with Crippen molar-refractivity contribution in [3.63, 3.8) is 0 Å². The smallest absolute Gasteiger partial charge is 0.145 e. The zero-order valence-corrected chi connectivity index (χ0v) is 13.4. The molecule has 1 unspecified atom stereocenters. The molecule has 3 heteroatoms. The van der Waals surface area contributed by atoms with Gasteiger partial charge in [0.25, 0.3) is 0 Å². The number of thiophene rings is 1. The molecule has 0 saturated carbocycles. The van der Waals surface area contributed by atoms with Crippen molar-refractivity contribution in [3.05, 3.63) is 77.4 Å². The maximum atomic E-state index is 12.4. The Morgan fingerprint density at radius 3 is 2.45 bits per heavy atom. The van der Waals surface area contributed by atoms with Crippen molar-refractivity contribution < 1.29 is 4.79 Å². The highest BCUT2D eigenvalue weighted by Gasteiger charge is 2.35. The lowest BCUT2D eigenvalue weighted by molar-refractivity contribution is -0.120. The van der Waals surface area contributed by atoms with Crippen LogP contribution in [-0.2, 0) is 10.2 Å². The Kier molecular flexibility index (Phi) is 3.90. The third-order valence-corrected chi connectivity index (χ3v) is 5.46. The van der Waals surface area contributed by atoms with Crippen LogP contribution in [0.15, 0.2) is 67.0 Å². The van der Waals surface area contributed by atoms with Gasteiger partial charge in [-0.25, -0.2) is 0 Å². The lowest BCUT2D eigenvalue weighted by Gasteiger charge is -2.26. The molecule has 2 aromatic heterocycles. The first kappa shape index (κ1) is 14.7. The molecule has 2 nitrogen and oxygen atoms in total. The topological polar surface area (TPSA) is 30.0 Å². The van der Waals surface area contributed by atoms with E-state index < -0.39 is 5.41 Å². The van der Waals surface area contributed by atoms with Crippen LogP contribution in [-0.4, -0.2) is 10.8 Å². The first-order valence-corrected chi connectivity index (χ1v) is 8.01. The largest absolute Gasteiger partial charge is 0.299 e. The lowest BCUT2D eigenvalue weighted by Crippen LogP contribution is -2.30. The molecular weight excluding hydrogens is 290 g/mol. The number of Topliss-reactive ketones (excluding diaryl/α,β-unsaturated/α-hetero) is 1. The van der Waals surface area contributed by atoms with Crippen LogP contribution in [0, 0.1) is 0 Å². The summed E-state index contributed by atoms with van der Waals surface area (Å²) >= 11 is 1.66. The number of nitrogens with zero attached hydrogens (tertiary/aromatic N) is 1. The molecule has 22 heavy (non-hydrogen) atoms. The van der Waals surface area contributed by atoms with Gasteiger partial charge in [0.05, 0.1) is 5.41 Å². The minimum absolute atomic E-state index is 0.151. The summed E-state index contributed by atoms with van der Waals surface area (Å²) in [6.07, 6.45) is 3.62. The van der Waals surface area contributed by atoms with E-state index in [1.54, 1.807) is 24.5 Å². The molecule has 1 aromatic carbocycles. The van der Waals surface area contributed by atoms with Gasteiger partial charge in [0, 0.05) is 27.7 Å². The highest BCUT2D eigenvalue weighted by Crippen LogP contribution is 2.39. The van der Waals surface area contributed by atoms with Gasteiger partial charge < -0.3 is 0 Å². The second-order valence-electron chi connectivity index (χ2n) is 5.45. The fraction of sp³-hybridized carbons (Fsp3) is 0.158. The Morgan fingerprint density at radius 2 is 1.82 bits per heavy atom. The summed E-state index contributed by atoms with van der Waals surface area (Å²) in [7, 11) is 0. The van der Waals surface area contributed by atoms with Crippen LogP contribution in [0.25, 0.3) is 10.4 Å². The molecule has 0 N–H and O–H groups in total. The summed E-state index contributed by atoms with van der Waals surface area (Å²) in [5.41, 5.74) is 1.51. The molecular formula is C19H17NOS. The third kappa shape index (κ3) is 2.48. The van der Waals surface area contributed by atoms with Crippen molar-refractivity contribution in [2.75, 3.05) is 0 Å². The van der Waals surface area contributed by atoms with Gasteiger partial charge in [-0.05, 0) is 37.6 Å². The molecule has 0 amide bonds. The van der Waals surface area contributed by atoms with E-state index in [0.717, 1.165) is 20.9 Å². The van der Waals surface area contributed by atoms with Crippen LogP contribution in [0.4, 0.5) is 0 Å². The van der Waals surface area contributed by atoms with Crippen LogP contribution in [0.2, 0.25) is 0 Å². The van der Waals surface area contributed by atoms with Crippen LogP contribution >= 0.6 is 11.3 Å². The molecule has 3 aromatic rings. The molecule has 3 rings (SSSR count). The average Bonchev–Trinajstić information content (AvgIpc) is 3.06. The summed E-state index contributed by atoms with van der Waals surface area (Å²) in [5, 5.41) is 0. The van der Waals surface area contributed by atoms with Gasteiger partial charge in [-0.2, -0.15) is 0 Å². The Morgan fingerprint density at radius 1 is 1.05 bits per heavy atom. The fourth-order valence-electron chi connectivity index (χ4n) is 2.56. The molecule has 0 aliphatic carbocycles. The number of carbonyl (C=O) groups is 1. The Bertz CT molecular complexity index is 779. The number of pyridine rings is 1. The Hall–Kier alpha value is -2.26. The summed E-state index contributed by atoms with van der Waals surface area (Å²) in [4.78, 5) is 18.8. The number of hydrogen-bond acceptors (Lipinski definition) is 3. The quantitative estimate of drug-likeness (QED) is 0.699. The van der Waals surface area contributed by atoms with E-state index in [1.165, 1.54) is 0 Å². The average molecular weight is 307 g/mol. The molecule has 0 fully saturated rings. The van der Waals surface area contributed by atoms with E-state index in [-0.39, 0.29) is 5.78 Å². The number of carbonyl (C=O) groups excluding carboxylic acids is 1. The molecule has 0 spiro atoms. The van der Waals surface area contributed by atoms with E-state index in [1.807, 2.05) is 55.6 Å². The van der Waals surface area contributed by atoms with Gasteiger partial charge in [0.2, 0.25) is 0 Å². The Balaban J connectivity index is 2.08. The SMILES string of the molecule is CC(=O)C(C)(c1ccccc1)c1ccc(-c2cccnc2)s1. The van der Waals surface area contributed by atoms with Crippen molar-refractivity contribution in [1.82, 2.24) is 4.98 Å². The molecule has 0 aliphatic heterocycles. The monoisotopic (exact) mass is 307 g/mol. The summed E-state index contributed by atoms with van der Waals surface area (Å²) in [6, 6.07) is 18.1. The number of benzene rings is 1. The van der Waals surface area contributed by atoms with Crippen LogP contribution in [0.3, 0.4) is 0 Å². The van der Waals surface area contributed by atoms with E-state index >= 15 is 0 Å². The normalized spacial score (nSPS) is 13.5. The zero-order chi connectivity index (χ0) is 15.6. The van der Waals surface area contributed by atoms with Gasteiger partial charge >= 0.3 is 0 Å². The Labute approximate surface area is 134 Å². The lowest BCUT2D eigenvalue weighted by atomic mass is 9.78. The van der Waals surface area contributed by atoms with Crippen molar-refractivity contribution >= 4 is 17.1 Å². The van der Waals surface area contributed by atoms with E-state index in [4.69, 9.17) is 0 Å². The van der Waals surface area contributed by atoms with E-state index in [9.17, 15) is 4.79 Å². The van der Waals surface area contributed by atoms with Crippen LogP contribution in [0.1, 0.15) is 24.3 Å². The van der Waals surface area contributed by atoms with E-state index in [0.29, 0.717) is 0 Å². The molecule has 2 heterocycles. The van der Waals surface area contributed by atoms with Crippen LogP contribution in [0.5, 0.6) is 0 Å². The first-order valence-electron chi connectivity index (χ1n) is 7.19. The zero-order valence-electron chi connectivity index (χ0n) is 12.6. The van der Waals surface area contributed by atoms with Crippen molar-refractivity contribution in [2.24, 2.45) is 0 Å². The maximum Gasteiger partial charge on any atom is 0.145 e. The number of rotatable bonds is 4. The maximum absolute atomic E-state index is 12.4. The fourth-order valence-corrected chi connectivity index (χ4v) is 3.77. The predicted molar refractivity (Wildman–Crippen MR) is 91.1 cm³/mol. The molecule has 110 valence electrons. The number of ketones is 1. The minimum Gasteiger partial charge on any atom is -0.299 e. The van der Waals surface area contributed by atoms with Gasteiger partial charge in [-0.3, -0.25) is 9.78 Å². The second-order valence-corrected chi connectivity index (χ2v) is 6.54.